The number of likely N-dealkylation sites (N-methyl/N-ethyl adjacent to an activating group) is 1. The maximum atomic E-state index is 13.7. The molecule has 0 aromatic heterocycles. The van der Waals surface area contributed by atoms with E-state index < -0.39 is 16.1 Å². The Kier molecular flexibility index (Phi) is 10.7. The van der Waals surface area contributed by atoms with Crippen molar-refractivity contribution in [3.05, 3.63) is 101 Å². The molecule has 1 N–H and O–H groups in total. The van der Waals surface area contributed by atoms with Crippen molar-refractivity contribution in [3.63, 3.8) is 0 Å². The Labute approximate surface area is 230 Å². The van der Waals surface area contributed by atoms with E-state index in [9.17, 15) is 18.0 Å². The molecule has 2 amide bonds. The van der Waals surface area contributed by atoms with Crippen molar-refractivity contribution < 1.29 is 18.0 Å². The largest absolute Gasteiger partial charge is 0.355 e. The summed E-state index contributed by atoms with van der Waals surface area (Å²) >= 11 is 6.43. The predicted molar refractivity (Wildman–Crippen MR) is 152 cm³/mol. The fraction of sp³-hybridized carbons (Fsp3) is 0.310. The summed E-state index contributed by atoms with van der Waals surface area (Å²) in [6.45, 7) is 2.56. The maximum Gasteiger partial charge on any atom is 0.243 e. The van der Waals surface area contributed by atoms with E-state index in [1.165, 1.54) is 4.31 Å². The monoisotopic (exact) mass is 555 g/mol. The van der Waals surface area contributed by atoms with Gasteiger partial charge in [-0.2, -0.15) is 0 Å². The first-order chi connectivity index (χ1) is 18.2. The van der Waals surface area contributed by atoms with Crippen LogP contribution < -0.4 is 9.62 Å². The number of benzene rings is 3. The fourth-order valence-corrected chi connectivity index (χ4v) is 5.42. The number of nitrogens with zero attached hydrogens (tertiary/aromatic N) is 2. The van der Waals surface area contributed by atoms with Crippen molar-refractivity contribution in [1.29, 1.82) is 0 Å². The Balaban J connectivity index is 1.86. The number of hydrogen-bond acceptors (Lipinski definition) is 4. The van der Waals surface area contributed by atoms with Crippen molar-refractivity contribution in [2.75, 3.05) is 23.7 Å². The summed E-state index contributed by atoms with van der Waals surface area (Å²) in [6, 6.07) is 24.8. The van der Waals surface area contributed by atoms with E-state index in [1.807, 2.05) is 61.5 Å². The van der Waals surface area contributed by atoms with Gasteiger partial charge in [-0.25, -0.2) is 8.42 Å². The highest BCUT2D eigenvalue weighted by atomic mass is 35.5. The van der Waals surface area contributed by atoms with Crippen LogP contribution in [-0.2, 0) is 32.6 Å². The van der Waals surface area contributed by atoms with Crippen LogP contribution in [0.15, 0.2) is 84.9 Å². The van der Waals surface area contributed by atoms with E-state index in [2.05, 4.69) is 5.32 Å². The van der Waals surface area contributed by atoms with Crippen molar-refractivity contribution in [2.45, 2.75) is 38.8 Å². The molecule has 38 heavy (non-hydrogen) atoms. The minimum absolute atomic E-state index is 0.0635. The summed E-state index contributed by atoms with van der Waals surface area (Å²) in [5.41, 5.74) is 2.19. The number of rotatable bonds is 13. The van der Waals surface area contributed by atoms with Gasteiger partial charge in [0.15, 0.2) is 0 Å². The molecule has 202 valence electrons. The lowest BCUT2D eigenvalue weighted by Gasteiger charge is -2.32. The molecule has 0 bridgehead atoms. The first kappa shape index (κ1) is 29.2. The van der Waals surface area contributed by atoms with Gasteiger partial charge in [-0.3, -0.25) is 13.9 Å². The quantitative estimate of drug-likeness (QED) is 0.332. The molecule has 0 saturated heterocycles. The zero-order valence-corrected chi connectivity index (χ0v) is 23.3. The fourth-order valence-electron chi connectivity index (χ4n) is 4.25. The van der Waals surface area contributed by atoms with Gasteiger partial charge < -0.3 is 10.2 Å². The molecule has 0 heterocycles. The number of carbonyl (C=O) groups excluding carboxylic acids is 2. The molecule has 3 aromatic rings. The third kappa shape index (κ3) is 8.33. The molecule has 9 heteroatoms. The van der Waals surface area contributed by atoms with Crippen LogP contribution in [0.5, 0.6) is 0 Å². The van der Waals surface area contributed by atoms with Gasteiger partial charge in [0.2, 0.25) is 21.8 Å². The van der Waals surface area contributed by atoms with Crippen LogP contribution in [0, 0.1) is 0 Å². The Hall–Kier alpha value is -3.36. The van der Waals surface area contributed by atoms with Crippen LogP contribution in [0.25, 0.3) is 0 Å². The number of nitrogens with one attached hydrogen (secondary N) is 1. The second-order valence-corrected chi connectivity index (χ2v) is 11.3. The molecular formula is C29H34ClN3O4S. The molecule has 3 aromatic carbocycles. The molecule has 1 atom stereocenters. The van der Waals surface area contributed by atoms with Gasteiger partial charge in [-0.15, -0.1) is 0 Å². The molecule has 0 aliphatic carbocycles. The van der Waals surface area contributed by atoms with Crippen LogP contribution in [-0.4, -0.2) is 50.5 Å². The SMILES string of the molecule is CCNC(=O)C(Cc1ccccc1)N(Cc1ccccc1Cl)C(=O)CCCN(c1ccccc1)S(C)(=O)=O. The topological polar surface area (TPSA) is 86.8 Å². The second-order valence-electron chi connectivity index (χ2n) is 8.99. The van der Waals surface area contributed by atoms with Gasteiger partial charge in [0, 0.05) is 37.5 Å². The number of sulfonamides is 1. The summed E-state index contributed by atoms with van der Waals surface area (Å²) in [5, 5.41) is 3.37. The Morgan fingerprint density at radius 2 is 1.53 bits per heavy atom. The number of halogens is 1. The van der Waals surface area contributed by atoms with Gasteiger partial charge >= 0.3 is 0 Å². The lowest BCUT2D eigenvalue weighted by atomic mass is 10.0. The van der Waals surface area contributed by atoms with Gasteiger partial charge in [0.05, 0.1) is 11.9 Å². The van der Waals surface area contributed by atoms with Gasteiger partial charge in [0.25, 0.3) is 0 Å². The minimum Gasteiger partial charge on any atom is -0.355 e. The minimum atomic E-state index is -3.54. The number of hydrogen-bond donors (Lipinski definition) is 1. The lowest BCUT2D eigenvalue weighted by Crippen LogP contribution is -2.50. The van der Waals surface area contributed by atoms with Crippen molar-refractivity contribution in [3.8, 4) is 0 Å². The number of para-hydroxylation sites is 1. The van der Waals surface area contributed by atoms with Gasteiger partial charge in [-0.1, -0.05) is 78.3 Å². The van der Waals surface area contributed by atoms with E-state index in [1.54, 1.807) is 35.2 Å². The first-order valence-electron chi connectivity index (χ1n) is 12.6. The number of amides is 2. The standard InChI is InChI=1S/C29H34ClN3O4S/c1-3-31-29(35)27(21-23-13-6-4-7-14-23)32(22-24-15-10-11-18-26(24)30)28(34)19-12-20-33(38(2,36)37)25-16-8-5-9-17-25/h4-11,13-18,27H,3,12,19-22H2,1-2H3,(H,31,35). The van der Waals surface area contributed by atoms with Crippen LogP contribution in [0.4, 0.5) is 5.69 Å². The average Bonchev–Trinajstić information content (AvgIpc) is 2.90. The van der Waals surface area contributed by atoms with Gasteiger partial charge in [-0.05, 0) is 42.7 Å². The Bertz CT molecular complexity index is 1300. The Morgan fingerprint density at radius 1 is 0.921 bits per heavy atom. The third-order valence-electron chi connectivity index (χ3n) is 6.12. The molecule has 0 aliphatic rings. The van der Waals surface area contributed by atoms with E-state index in [0.29, 0.717) is 23.7 Å². The highest BCUT2D eigenvalue weighted by Crippen LogP contribution is 2.22. The first-order valence-corrected chi connectivity index (χ1v) is 14.8. The summed E-state index contributed by atoms with van der Waals surface area (Å²) in [4.78, 5) is 28.5. The lowest BCUT2D eigenvalue weighted by molar-refractivity contribution is -0.141. The number of anilines is 1. The molecule has 0 aliphatic heterocycles. The normalized spacial score (nSPS) is 12.0. The highest BCUT2D eigenvalue weighted by molar-refractivity contribution is 7.92. The summed E-state index contributed by atoms with van der Waals surface area (Å²) in [6.07, 6.45) is 1.83. The van der Waals surface area contributed by atoms with Crippen molar-refractivity contribution in [2.24, 2.45) is 0 Å². The molecule has 3 rings (SSSR count). The van der Waals surface area contributed by atoms with Crippen LogP contribution in [0.1, 0.15) is 30.9 Å². The van der Waals surface area contributed by atoms with E-state index >= 15 is 0 Å². The van der Waals surface area contributed by atoms with Crippen LogP contribution in [0.2, 0.25) is 5.02 Å². The molecular weight excluding hydrogens is 522 g/mol. The van der Waals surface area contributed by atoms with E-state index in [-0.39, 0.29) is 37.7 Å². The summed E-state index contributed by atoms with van der Waals surface area (Å²) in [7, 11) is -3.54. The molecule has 0 fully saturated rings. The van der Waals surface area contributed by atoms with Crippen LogP contribution >= 0.6 is 11.6 Å². The molecule has 1 unspecified atom stereocenters. The van der Waals surface area contributed by atoms with E-state index in [0.717, 1.165) is 17.4 Å². The highest BCUT2D eigenvalue weighted by Gasteiger charge is 2.30. The molecule has 0 saturated carbocycles. The van der Waals surface area contributed by atoms with E-state index in [4.69, 9.17) is 11.6 Å². The predicted octanol–water partition coefficient (Wildman–Crippen LogP) is 4.66. The smallest absolute Gasteiger partial charge is 0.243 e. The summed E-state index contributed by atoms with van der Waals surface area (Å²) < 4.78 is 26.2. The van der Waals surface area contributed by atoms with Crippen molar-refractivity contribution >= 4 is 39.1 Å². The summed E-state index contributed by atoms with van der Waals surface area (Å²) in [5.74, 6) is -0.502. The van der Waals surface area contributed by atoms with Gasteiger partial charge in [0.1, 0.15) is 6.04 Å². The van der Waals surface area contributed by atoms with Crippen LogP contribution in [0.3, 0.4) is 0 Å². The average molecular weight is 556 g/mol. The molecule has 7 nitrogen and oxygen atoms in total. The number of carbonyl (C=O) groups is 2. The Morgan fingerprint density at radius 3 is 2.13 bits per heavy atom. The molecule has 0 spiro atoms. The maximum absolute atomic E-state index is 13.7. The second kappa shape index (κ2) is 14.0. The zero-order chi connectivity index (χ0) is 27.5. The zero-order valence-electron chi connectivity index (χ0n) is 21.7. The molecule has 0 radical (unpaired) electrons. The van der Waals surface area contributed by atoms with Crippen molar-refractivity contribution in [1.82, 2.24) is 10.2 Å². The third-order valence-corrected chi connectivity index (χ3v) is 7.68.